The lowest BCUT2D eigenvalue weighted by molar-refractivity contribution is -0.193. The number of nitrogens with one attached hydrogen (secondary N) is 1. The second kappa shape index (κ2) is 8.56. The van der Waals surface area contributed by atoms with Crippen LogP contribution in [-0.4, -0.2) is 45.6 Å². The number of rotatable bonds is 5. The molecule has 0 amide bonds. The smallest absolute Gasteiger partial charge is 0.381 e. The molecule has 15 heteroatoms. The van der Waals surface area contributed by atoms with Crippen LogP contribution in [0.1, 0.15) is 11.8 Å². The lowest BCUT2D eigenvalue weighted by Crippen LogP contribution is -2.52. The Bertz CT molecular complexity index is 1200. The van der Waals surface area contributed by atoms with Gasteiger partial charge in [0, 0.05) is 23.6 Å². The molecule has 0 aliphatic carbocycles. The molecule has 2 aliphatic heterocycles. The van der Waals surface area contributed by atoms with Crippen molar-refractivity contribution in [3.8, 4) is 5.75 Å². The number of aliphatic hydroxyl groups excluding tert-OH is 1. The van der Waals surface area contributed by atoms with Gasteiger partial charge in [-0.25, -0.2) is 18.0 Å². The van der Waals surface area contributed by atoms with Gasteiger partial charge in [0.1, 0.15) is 16.9 Å². The van der Waals surface area contributed by atoms with Crippen molar-refractivity contribution in [2.75, 3.05) is 6.61 Å². The summed E-state index contributed by atoms with van der Waals surface area (Å²) in [6, 6.07) is 6.71. The number of hydrogen-bond donors (Lipinski definition) is 2. The average molecular weight is 515 g/mol. The summed E-state index contributed by atoms with van der Waals surface area (Å²) in [5.74, 6) is 0.344. The molecule has 0 bridgehead atoms. The molecule has 32 heavy (non-hydrogen) atoms. The van der Waals surface area contributed by atoms with E-state index in [0.29, 0.717) is 15.9 Å². The number of ether oxygens (including phenoxy) is 1. The number of hydrogen-bond acceptors (Lipinski definition) is 8. The van der Waals surface area contributed by atoms with Crippen molar-refractivity contribution < 1.29 is 36.6 Å². The molecule has 9 nitrogen and oxygen atoms in total. The molecule has 2 N–H and O–H groups in total. The Hall–Kier alpha value is -1.73. The number of aliphatic hydroxyl groups is 1. The molecular weight excluding hydrogens is 500 g/mol. The molecule has 174 valence electrons. The SMILES string of the molecule is O=c1[nH]c(=O)n([C@@H]2O[C@@](COP3(=S)OCc4ccccc4O3)(C(F)F)[C@H](O)[C@H]2F)cc1Cl. The molecule has 5 atom stereocenters. The van der Waals surface area contributed by atoms with Crippen LogP contribution in [0.2, 0.25) is 5.02 Å². The average Bonchev–Trinajstić information content (AvgIpc) is 3.01. The van der Waals surface area contributed by atoms with Crippen LogP contribution >= 0.6 is 18.3 Å². The van der Waals surface area contributed by atoms with E-state index in [1.165, 1.54) is 0 Å². The number of aromatic amines is 1. The fourth-order valence-corrected chi connectivity index (χ4v) is 5.22. The third kappa shape index (κ3) is 4.03. The predicted molar refractivity (Wildman–Crippen MR) is 108 cm³/mol. The van der Waals surface area contributed by atoms with Crippen LogP contribution < -0.4 is 15.8 Å². The predicted octanol–water partition coefficient (Wildman–Crippen LogP) is 2.27. The van der Waals surface area contributed by atoms with E-state index in [1.807, 2.05) is 0 Å². The fourth-order valence-electron chi connectivity index (χ4n) is 3.26. The van der Waals surface area contributed by atoms with Crippen molar-refractivity contribution >= 4 is 30.1 Å². The molecule has 1 saturated heterocycles. The summed E-state index contributed by atoms with van der Waals surface area (Å²) in [5, 5.41) is 9.80. The van der Waals surface area contributed by atoms with Gasteiger partial charge in [0.2, 0.25) is 0 Å². The summed E-state index contributed by atoms with van der Waals surface area (Å²) in [5.41, 5.74) is -4.39. The normalized spacial score (nSPS) is 32.0. The molecule has 0 radical (unpaired) electrons. The number of H-pyrrole nitrogens is 1. The first-order valence-corrected chi connectivity index (χ1v) is 12.0. The number of para-hydroxylation sites is 1. The van der Waals surface area contributed by atoms with Gasteiger partial charge in [-0.3, -0.25) is 23.4 Å². The van der Waals surface area contributed by atoms with Crippen LogP contribution in [0.3, 0.4) is 0 Å². The van der Waals surface area contributed by atoms with Crippen molar-refractivity contribution in [1.82, 2.24) is 9.55 Å². The Labute approximate surface area is 187 Å². The van der Waals surface area contributed by atoms with Gasteiger partial charge in [-0.15, -0.1) is 0 Å². The third-order valence-corrected chi connectivity index (χ3v) is 7.43. The molecule has 0 spiro atoms. The highest BCUT2D eigenvalue weighted by Crippen LogP contribution is 2.56. The summed E-state index contributed by atoms with van der Waals surface area (Å²) in [7, 11) is 0. The van der Waals surface area contributed by atoms with Crippen molar-refractivity contribution in [3.63, 3.8) is 0 Å². The first-order chi connectivity index (χ1) is 15.1. The minimum Gasteiger partial charge on any atom is -0.424 e. The second-order valence-electron chi connectivity index (χ2n) is 6.99. The highest BCUT2D eigenvalue weighted by molar-refractivity contribution is 8.07. The molecule has 2 aliphatic rings. The highest BCUT2D eigenvalue weighted by atomic mass is 35.5. The molecule has 1 aromatic carbocycles. The summed E-state index contributed by atoms with van der Waals surface area (Å²) in [6.07, 6.45) is -9.70. The first-order valence-electron chi connectivity index (χ1n) is 9.02. The number of aromatic nitrogens is 2. The van der Waals surface area contributed by atoms with Crippen LogP contribution in [0, 0.1) is 0 Å². The van der Waals surface area contributed by atoms with E-state index in [-0.39, 0.29) is 6.61 Å². The summed E-state index contributed by atoms with van der Waals surface area (Å²) in [6.45, 7) is -4.70. The van der Waals surface area contributed by atoms with Gasteiger partial charge in [-0.2, -0.15) is 0 Å². The van der Waals surface area contributed by atoms with E-state index < -0.39 is 60.1 Å². The zero-order valence-electron chi connectivity index (χ0n) is 15.8. The van der Waals surface area contributed by atoms with E-state index in [4.69, 9.17) is 41.7 Å². The van der Waals surface area contributed by atoms with Crippen LogP contribution in [0.4, 0.5) is 13.2 Å². The molecule has 3 heterocycles. The van der Waals surface area contributed by atoms with Gasteiger partial charge in [-0.05, 0) is 6.07 Å². The van der Waals surface area contributed by atoms with Crippen LogP contribution in [-0.2, 0) is 32.2 Å². The maximum atomic E-state index is 14.9. The van der Waals surface area contributed by atoms with E-state index in [2.05, 4.69) is 0 Å². The van der Waals surface area contributed by atoms with E-state index >= 15 is 0 Å². The molecule has 1 aromatic heterocycles. The van der Waals surface area contributed by atoms with Gasteiger partial charge in [-0.1, -0.05) is 29.8 Å². The Balaban J connectivity index is 1.60. The van der Waals surface area contributed by atoms with Gasteiger partial charge < -0.3 is 14.4 Å². The van der Waals surface area contributed by atoms with Gasteiger partial charge in [0.25, 0.3) is 12.0 Å². The number of nitrogens with zero attached hydrogens (tertiary/aromatic N) is 1. The summed E-state index contributed by atoms with van der Waals surface area (Å²) in [4.78, 5) is 25.3. The molecule has 4 rings (SSSR count). The lowest BCUT2D eigenvalue weighted by Gasteiger charge is -2.34. The molecule has 0 saturated carbocycles. The van der Waals surface area contributed by atoms with Crippen molar-refractivity contribution in [1.29, 1.82) is 0 Å². The summed E-state index contributed by atoms with van der Waals surface area (Å²) < 4.78 is 64.8. The van der Waals surface area contributed by atoms with E-state index in [0.717, 1.165) is 6.20 Å². The minimum absolute atomic E-state index is 0.00181. The standard InChI is InChI=1S/C17H15ClF3N2O7PS/c18-9-5-23(16(26)22-13(9)25)14-11(19)12(24)17(29-14,15(20)21)7-28-31(32)27-6-8-3-1-2-4-10(8)30-31/h1-5,11-12,14-15,24H,6-7H2,(H,22,25,26)/t11-,12-,14-,17-,31?/m1/s1. The van der Waals surface area contributed by atoms with Crippen molar-refractivity contribution in [3.05, 3.63) is 61.9 Å². The third-order valence-electron chi connectivity index (χ3n) is 4.99. The largest absolute Gasteiger partial charge is 0.424 e. The molecule has 1 fully saturated rings. The highest BCUT2D eigenvalue weighted by Gasteiger charge is 2.62. The van der Waals surface area contributed by atoms with Gasteiger partial charge in [0.15, 0.2) is 18.0 Å². The summed E-state index contributed by atoms with van der Waals surface area (Å²) >= 11 is 10.8. The minimum atomic E-state index is -3.59. The van der Waals surface area contributed by atoms with Gasteiger partial charge >= 0.3 is 12.4 Å². The number of benzene rings is 1. The molecule has 1 unspecified atom stereocenters. The number of halogens is 4. The topological polar surface area (TPSA) is 112 Å². The maximum Gasteiger partial charge on any atom is 0.381 e. The van der Waals surface area contributed by atoms with Crippen LogP contribution in [0.5, 0.6) is 5.75 Å². The van der Waals surface area contributed by atoms with Crippen molar-refractivity contribution in [2.24, 2.45) is 0 Å². The van der Waals surface area contributed by atoms with Crippen molar-refractivity contribution in [2.45, 2.75) is 37.1 Å². The number of alkyl halides is 3. The molecular formula is C17H15ClF3N2O7PS. The van der Waals surface area contributed by atoms with E-state index in [9.17, 15) is 27.9 Å². The maximum absolute atomic E-state index is 14.9. The zero-order valence-corrected chi connectivity index (χ0v) is 18.3. The Morgan fingerprint density at radius 1 is 1.41 bits per heavy atom. The van der Waals surface area contributed by atoms with E-state index in [1.54, 1.807) is 29.2 Å². The zero-order chi connectivity index (χ0) is 23.3. The lowest BCUT2D eigenvalue weighted by atomic mass is 9.97. The Kier molecular flexibility index (Phi) is 6.27. The molecule has 2 aromatic rings. The first kappa shape index (κ1) is 23.4. The van der Waals surface area contributed by atoms with Gasteiger partial charge in [0.05, 0.1) is 13.2 Å². The Morgan fingerprint density at radius 2 is 2.12 bits per heavy atom. The van der Waals surface area contributed by atoms with Crippen LogP contribution in [0.15, 0.2) is 40.1 Å². The monoisotopic (exact) mass is 514 g/mol. The quantitative estimate of drug-likeness (QED) is 0.585. The number of fused-ring (bicyclic) bond motifs is 1. The Morgan fingerprint density at radius 3 is 2.84 bits per heavy atom. The second-order valence-corrected chi connectivity index (χ2v) is 10.3. The fraction of sp³-hybridized carbons (Fsp3) is 0.412. The van der Waals surface area contributed by atoms with Crippen LogP contribution in [0.25, 0.3) is 0 Å².